The van der Waals surface area contributed by atoms with Crippen LogP contribution in [0.5, 0.6) is 0 Å². The fourth-order valence-electron chi connectivity index (χ4n) is 6.18. The van der Waals surface area contributed by atoms with Crippen LogP contribution in [0.2, 0.25) is 0 Å². The Kier molecular flexibility index (Phi) is 4.34. The van der Waals surface area contributed by atoms with E-state index in [1.165, 1.54) is 0 Å². The van der Waals surface area contributed by atoms with E-state index in [4.69, 9.17) is 34.8 Å². The Balaban J connectivity index is 1.86. The number of hydrogen-bond acceptors (Lipinski definition) is 3. The minimum atomic E-state index is -1.48. The minimum Gasteiger partial charge on any atom is -0.381 e. The lowest BCUT2D eigenvalue weighted by atomic mass is 9.48. The molecule has 2 saturated carbocycles. The lowest BCUT2D eigenvalue weighted by Crippen LogP contribution is -2.66. The third-order valence-corrected chi connectivity index (χ3v) is 9.66. The molecule has 0 radical (unpaired) electrons. The van der Waals surface area contributed by atoms with Crippen LogP contribution < -0.4 is 0 Å². The van der Waals surface area contributed by atoms with Crippen molar-refractivity contribution >= 4 is 46.4 Å². The summed E-state index contributed by atoms with van der Waals surface area (Å²) in [5.74, 6) is -0.732. The molecule has 0 amide bonds. The quantitative estimate of drug-likeness (QED) is 0.670. The predicted octanol–water partition coefficient (Wildman–Crippen LogP) is 4.19. The molecule has 0 unspecified atom stereocenters. The van der Waals surface area contributed by atoms with E-state index in [0.717, 1.165) is 5.57 Å². The molecule has 0 bridgehead atoms. The third-order valence-electron chi connectivity index (χ3n) is 7.90. The first kappa shape index (κ1) is 19.7. The first-order valence-corrected chi connectivity index (χ1v) is 10.7. The number of halogens is 3. The second kappa shape index (κ2) is 5.95. The third kappa shape index (κ3) is 2.20. The number of allylic oxidation sites excluding steroid dienone is 6. The average molecular weight is 430 g/mol. The van der Waals surface area contributed by atoms with Gasteiger partial charge in [-0.3, -0.25) is 9.59 Å². The molecule has 0 aromatic rings. The van der Waals surface area contributed by atoms with Crippen LogP contribution in [-0.2, 0) is 9.59 Å². The monoisotopic (exact) mass is 428 g/mol. The average Bonchev–Trinajstić information content (AvgIpc) is 2.88. The van der Waals surface area contributed by atoms with E-state index in [-0.39, 0.29) is 29.3 Å². The molecular weight excluding hydrogens is 407 g/mol. The summed E-state index contributed by atoms with van der Waals surface area (Å²) < 4.78 is 0. The molecule has 0 aromatic heterocycles. The standard InChI is InChI=1S/C21H23Cl3O3/c1-18-7-5-13(25)9-12(18)3-4-15-14-6-8-20(27,17(26)11-22)19(14,2)10-16(23)21(15,18)24/h3-5,7,9,14-16,27H,6,8,10-11H2,1-2H3/t14-,15-,16-,18-,19-,20-,21-/m0/s1. The van der Waals surface area contributed by atoms with Gasteiger partial charge in [0.1, 0.15) is 5.60 Å². The van der Waals surface area contributed by atoms with Crippen LogP contribution in [0, 0.1) is 22.7 Å². The van der Waals surface area contributed by atoms with Gasteiger partial charge < -0.3 is 5.11 Å². The summed E-state index contributed by atoms with van der Waals surface area (Å²) >= 11 is 20.1. The first-order chi connectivity index (χ1) is 12.5. The molecule has 4 aliphatic carbocycles. The zero-order valence-electron chi connectivity index (χ0n) is 15.3. The number of alkyl halides is 3. The molecule has 27 heavy (non-hydrogen) atoms. The van der Waals surface area contributed by atoms with E-state index >= 15 is 0 Å². The number of carbonyl (C=O) groups is 2. The van der Waals surface area contributed by atoms with Crippen molar-refractivity contribution in [2.45, 2.75) is 49.0 Å². The fourth-order valence-corrected chi connectivity index (χ4v) is 7.57. The van der Waals surface area contributed by atoms with Crippen molar-refractivity contribution < 1.29 is 14.7 Å². The van der Waals surface area contributed by atoms with E-state index in [9.17, 15) is 14.7 Å². The second-order valence-corrected chi connectivity index (χ2v) is 10.3. The van der Waals surface area contributed by atoms with Crippen LogP contribution in [0.1, 0.15) is 33.1 Å². The van der Waals surface area contributed by atoms with Crippen molar-refractivity contribution in [1.82, 2.24) is 0 Å². The highest BCUT2D eigenvalue weighted by Gasteiger charge is 2.72. The summed E-state index contributed by atoms with van der Waals surface area (Å²) in [5, 5.41) is 10.8. The summed E-state index contributed by atoms with van der Waals surface area (Å²) in [7, 11) is 0. The lowest BCUT2D eigenvalue weighted by Gasteiger charge is -2.62. The summed E-state index contributed by atoms with van der Waals surface area (Å²) in [4.78, 5) is 23.6. The van der Waals surface area contributed by atoms with Gasteiger partial charge in [-0.15, -0.1) is 34.8 Å². The van der Waals surface area contributed by atoms with Crippen LogP contribution in [0.4, 0.5) is 0 Å². The number of carbonyl (C=O) groups excluding carboxylic acids is 2. The number of rotatable bonds is 2. The van der Waals surface area contributed by atoms with Gasteiger partial charge in [0.2, 0.25) is 0 Å². The van der Waals surface area contributed by atoms with Crippen LogP contribution in [0.25, 0.3) is 0 Å². The molecule has 0 spiro atoms. The molecule has 0 saturated heterocycles. The molecule has 0 aliphatic heterocycles. The van der Waals surface area contributed by atoms with Crippen LogP contribution in [0.15, 0.2) is 36.0 Å². The molecule has 0 aromatic carbocycles. The van der Waals surface area contributed by atoms with Gasteiger partial charge in [0, 0.05) is 16.7 Å². The smallest absolute Gasteiger partial charge is 0.179 e. The molecule has 4 rings (SSSR count). The van der Waals surface area contributed by atoms with Gasteiger partial charge >= 0.3 is 0 Å². The minimum absolute atomic E-state index is 0.00261. The zero-order chi connectivity index (χ0) is 19.8. The van der Waals surface area contributed by atoms with Crippen LogP contribution in [-0.4, -0.2) is 38.4 Å². The Labute approximate surface area is 174 Å². The SMILES string of the molecule is C[C@]12C=CC(=O)C=C1C=C[C@H]1[C@@H]3CC[C@](O)(C(=O)CCl)[C@@]3(C)C[C@H](Cl)[C@@]12Cl. The first-order valence-electron chi connectivity index (χ1n) is 9.33. The highest BCUT2D eigenvalue weighted by atomic mass is 35.5. The number of fused-ring (bicyclic) bond motifs is 5. The molecule has 6 heteroatoms. The Morgan fingerprint density at radius 3 is 2.70 bits per heavy atom. The molecule has 3 nitrogen and oxygen atoms in total. The Hall–Kier alpha value is -0.610. The van der Waals surface area contributed by atoms with Crippen molar-refractivity contribution in [3.8, 4) is 0 Å². The van der Waals surface area contributed by atoms with Crippen molar-refractivity contribution in [2.24, 2.45) is 22.7 Å². The number of ketones is 2. The maximum atomic E-state index is 12.5. The molecule has 1 N–H and O–H groups in total. The normalized spacial score (nSPS) is 50.7. The summed E-state index contributed by atoms with van der Waals surface area (Å²) in [6, 6.07) is 0. The largest absolute Gasteiger partial charge is 0.381 e. The molecule has 2 fully saturated rings. The maximum Gasteiger partial charge on any atom is 0.179 e. The highest BCUT2D eigenvalue weighted by molar-refractivity contribution is 6.34. The number of aliphatic hydroxyl groups is 1. The fraction of sp³-hybridized carbons (Fsp3) is 0.619. The van der Waals surface area contributed by atoms with Crippen molar-refractivity contribution in [3.05, 3.63) is 36.0 Å². The Morgan fingerprint density at radius 1 is 1.33 bits per heavy atom. The molecule has 7 atom stereocenters. The lowest BCUT2D eigenvalue weighted by molar-refractivity contribution is -0.154. The number of hydrogen-bond donors (Lipinski definition) is 1. The maximum absolute atomic E-state index is 12.5. The van der Waals surface area contributed by atoms with Crippen molar-refractivity contribution in [3.63, 3.8) is 0 Å². The highest BCUT2D eigenvalue weighted by Crippen LogP contribution is 2.70. The Morgan fingerprint density at radius 2 is 2.04 bits per heavy atom. The Bertz CT molecular complexity index is 817. The van der Waals surface area contributed by atoms with Gasteiger partial charge in [-0.25, -0.2) is 0 Å². The van der Waals surface area contributed by atoms with E-state index in [0.29, 0.717) is 19.3 Å². The van der Waals surface area contributed by atoms with Crippen LogP contribution >= 0.6 is 34.8 Å². The predicted molar refractivity (Wildman–Crippen MR) is 107 cm³/mol. The van der Waals surface area contributed by atoms with Gasteiger partial charge in [-0.2, -0.15) is 0 Å². The van der Waals surface area contributed by atoms with E-state index in [1.807, 2.05) is 32.1 Å². The molecule has 4 aliphatic rings. The van der Waals surface area contributed by atoms with Crippen molar-refractivity contribution in [1.29, 1.82) is 0 Å². The summed E-state index contributed by atoms with van der Waals surface area (Å²) in [6.07, 6.45) is 10.5. The van der Waals surface area contributed by atoms with Gasteiger partial charge in [0.25, 0.3) is 0 Å². The number of Topliss-reactive ketones (excluding diaryl/α,β-unsaturated/α-hetero) is 1. The summed E-state index contributed by atoms with van der Waals surface area (Å²) in [6.45, 7) is 3.97. The van der Waals surface area contributed by atoms with Gasteiger partial charge in [-0.05, 0) is 42.9 Å². The van der Waals surface area contributed by atoms with E-state index in [2.05, 4.69) is 0 Å². The zero-order valence-corrected chi connectivity index (χ0v) is 17.6. The van der Waals surface area contributed by atoms with Gasteiger partial charge in [0.05, 0.1) is 16.1 Å². The molecular formula is C21H23Cl3O3. The molecule has 146 valence electrons. The van der Waals surface area contributed by atoms with E-state index < -0.39 is 26.7 Å². The van der Waals surface area contributed by atoms with Crippen LogP contribution in [0.3, 0.4) is 0 Å². The van der Waals surface area contributed by atoms with Crippen molar-refractivity contribution in [2.75, 3.05) is 5.88 Å². The molecule has 0 heterocycles. The topological polar surface area (TPSA) is 54.4 Å². The second-order valence-electron chi connectivity index (χ2n) is 8.84. The van der Waals surface area contributed by atoms with Gasteiger partial charge in [-0.1, -0.05) is 32.1 Å². The summed E-state index contributed by atoms with van der Waals surface area (Å²) in [5.41, 5.74) is -1.90. The van der Waals surface area contributed by atoms with Gasteiger partial charge in [0.15, 0.2) is 11.6 Å². The van der Waals surface area contributed by atoms with E-state index in [1.54, 1.807) is 12.2 Å².